The Hall–Kier alpha value is -4.00. The molecular formula is C26H25N7. The Morgan fingerprint density at radius 3 is 2.94 bits per heavy atom. The number of nitrogens with zero attached hydrogens (tertiary/aromatic N) is 5. The molecule has 4 aromatic heterocycles. The summed E-state index contributed by atoms with van der Waals surface area (Å²) in [5, 5.41) is 7.78. The van der Waals surface area contributed by atoms with Gasteiger partial charge in [0.05, 0.1) is 17.1 Å². The third-order valence-corrected chi connectivity index (χ3v) is 6.20. The maximum absolute atomic E-state index is 5.01. The van der Waals surface area contributed by atoms with E-state index in [1.165, 1.54) is 23.2 Å². The fourth-order valence-electron chi connectivity index (χ4n) is 4.52. The van der Waals surface area contributed by atoms with E-state index in [2.05, 4.69) is 38.6 Å². The van der Waals surface area contributed by atoms with E-state index in [0.29, 0.717) is 0 Å². The van der Waals surface area contributed by atoms with Crippen molar-refractivity contribution in [2.45, 2.75) is 32.6 Å². The number of H-pyrrole nitrogens is 1. The van der Waals surface area contributed by atoms with Crippen molar-refractivity contribution >= 4 is 11.3 Å². The fourth-order valence-corrected chi connectivity index (χ4v) is 4.52. The molecule has 164 valence electrons. The molecule has 0 atom stereocenters. The smallest absolute Gasteiger partial charge is 0.155 e. The van der Waals surface area contributed by atoms with Crippen molar-refractivity contribution in [1.82, 2.24) is 29.5 Å². The number of nitrogens with one attached hydrogen (secondary N) is 2. The van der Waals surface area contributed by atoms with Crippen LogP contribution in [0.4, 0.5) is 5.69 Å². The first kappa shape index (κ1) is 19.7. The van der Waals surface area contributed by atoms with Gasteiger partial charge in [0.15, 0.2) is 5.65 Å². The number of aryl methyl sites for hydroxylation is 4. The molecule has 7 nitrogen and oxygen atoms in total. The van der Waals surface area contributed by atoms with E-state index in [4.69, 9.17) is 9.97 Å². The zero-order valence-electron chi connectivity index (χ0n) is 18.5. The minimum Gasteiger partial charge on any atom is -0.385 e. The molecule has 0 fully saturated rings. The van der Waals surface area contributed by atoms with Crippen molar-refractivity contribution in [3.05, 3.63) is 83.7 Å². The van der Waals surface area contributed by atoms with E-state index in [0.717, 1.165) is 65.6 Å². The highest BCUT2D eigenvalue weighted by Gasteiger charge is 2.17. The van der Waals surface area contributed by atoms with Gasteiger partial charge in [-0.1, -0.05) is 18.2 Å². The van der Waals surface area contributed by atoms with Crippen LogP contribution in [0.2, 0.25) is 0 Å². The van der Waals surface area contributed by atoms with Gasteiger partial charge in [0.25, 0.3) is 0 Å². The van der Waals surface area contributed by atoms with Gasteiger partial charge in [-0.2, -0.15) is 5.10 Å². The van der Waals surface area contributed by atoms with Crippen LogP contribution in [0, 0.1) is 6.92 Å². The Morgan fingerprint density at radius 2 is 2.00 bits per heavy atom. The molecule has 7 heteroatoms. The molecule has 1 aliphatic heterocycles. The van der Waals surface area contributed by atoms with Gasteiger partial charge in [0.1, 0.15) is 12.2 Å². The Morgan fingerprint density at radius 1 is 1.03 bits per heavy atom. The SMILES string of the molecule is Cc1cccc(-c2[nH]c(CCc3ccc4c(c3)CCCN4)nc2-c2ccc3ncnn3c2)n1. The summed E-state index contributed by atoms with van der Waals surface area (Å²) in [5.41, 5.74) is 9.52. The van der Waals surface area contributed by atoms with Crippen LogP contribution < -0.4 is 5.32 Å². The number of anilines is 1. The lowest BCUT2D eigenvalue weighted by atomic mass is 9.99. The number of aromatic amines is 1. The lowest BCUT2D eigenvalue weighted by Crippen LogP contribution is -2.11. The molecular weight excluding hydrogens is 410 g/mol. The lowest BCUT2D eigenvalue weighted by molar-refractivity contribution is 0.822. The van der Waals surface area contributed by atoms with Crippen molar-refractivity contribution in [3.63, 3.8) is 0 Å². The van der Waals surface area contributed by atoms with Gasteiger partial charge in [-0.05, 0) is 67.6 Å². The number of imidazole rings is 1. The lowest BCUT2D eigenvalue weighted by Gasteiger charge is -2.18. The number of pyridine rings is 2. The molecule has 0 saturated carbocycles. The van der Waals surface area contributed by atoms with Crippen LogP contribution in [0.25, 0.3) is 28.3 Å². The average Bonchev–Trinajstić information content (AvgIpc) is 3.49. The number of rotatable bonds is 5. The van der Waals surface area contributed by atoms with E-state index >= 15 is 0 Å². The summed E-state index contributed by atoms with van der Waals surface area (Å²) in [6.45, 7) is 3.07. The van der Waals surface area contributed by atoms with Crippen LogP contribution in [0.5, 0.6) is 0 Å². The Balaban J connectivity index is 1.34. The molecule has 5 aromatic rings. The predicted molar refractivity (Wildman–Crippen MR) is 129 cm³/mol. The van der Waals surface area contributed by atoms with E-state index in [-0.39, 0.29) is 0 Å². The summed E-state index contributed by atoms with van der Waals surface area (Å²) >= 11 is 0. The molecule has 33 heavy (non-hydrogen) atoms. The van der Waals surface area contributed by atoms with Gasteiger partial charge in [-0.15, -0.1) is 0 Å². The van der Waals surface area contributed by atoms with Gasteiger partial charge < -0.3 is 10.3 Å². The summed E-state index contributed by atoms with van der Waals surface area (Å²) in [7, 11) is 0. The molecule has 1 aromatic carbocycles. The Labute approximate surface area is 192 Å². The van der Waals surface area contributed by atoms with Gasteiger partial charge in [0, 0.05) is 36.1 Å². The van der Waals surface area contributed by atoms with Crippen LogP contribution in [-0.4, -0.2) is 36.1 Å². The van der Waals surface area contributed by atoms with Crippen LogP contribution >= 0.6 is 0 Å². The first-order chi connectivity index (χ1) is 16.2. The molecule has 0 bridgehead atoms. The maximum Gasteiger partial charge on any atom is 0.155 e. The van der Waals surface area contributed by atoms with Gasteiger partial charge in [-0.25, -0.2) is 14.5 Å². The number of hydrogen-bond acceptors (Lipinski definition) is 5. The standard InChI is InChI=1S/C26H25N7/c1-17-4-2-6-22(30-17)26-25(20-9-12-24-28-16-29-33(24)15-20)31-23(32-26)11-8-18-7-10-21-19(14-18)5-3-13-27-21/h2,4,6-7,9-10,12,14-16,27H,3,5,8,11,13H2,1H3,(H,31,32). The summed E-state index contributed by atoms with van der Waals surface area (Å²) in [6, 6.07) is 16.8. The second-order valence-electron chi connectivity index (χ2n) is 8.57. The molecule has 0 spiro atoms. The summed E-state index contributed by atoms with van der Waals surface area (Å²) < 4.78 is 1.78. The Bertz CT molecular complexity index is 1450. The molecule has 2 N–H and O–H groups in total. The van der Waals surface area contributed by atoms with Gasteiger partial charge in [-0.3, -0.25) is 4.98 Å². The molecule has 0 amide bonds. The van der Waals surface area contributed by atoms with Crippen molar-refractivity contribution in [2.24, 2.45) is 0 Å². The first-order valence-corrected chi connectivity index (χ1v) is 11.4. The van der Waals surface area contributed by atoms with Crippen molar-refractivity contribution < 1.29 is 0 Å². The second-order valence-corrected chi connectivity index (χ2v) is 8.57. The van der Waals surface area contributed by atoms with Crippen molar-refractivity contribution in [3.8, 4) is 22.6 Å². The zero-order chi connectivity index (χ0) is 22.2. The van der Waals surface area contributed by atoms with Crippen LogP contribution in [-0.2, 0) is 19.3 Å². The minimum atomic E-state index is 0.812. The largest absolute Gasteiger partial charge is 0.385 e. The molecule has 0 aliphatic carbocycles. The van der Waals surface area contributed by atoms with Gasteiger partial charge >= 0.3 is 0 Å². The highest BCUT2D eigenvalue weighted by molar-refractivity contribution is 5.77. The van der Waals surface area contributed by atoms with Crippen LogP contribution in [0.3, 0.4) is 0 Å². The molecule has 5 heterocycles. The van der Waals surface area contributed by atoms with Crippen LogP contribution in [0.1, 0.15) is 29.1 Å². The topological polar surface area (TPSA) is 83.8 Å². The Kier molecular flexibility index (Phi) is 4.87. The molecule has 0 unspecified atom stereocenters. The number of fused-ring (bicyclic) bond motifs is 2. The average molecular weight is 436 g/mol. The summed E-state index contributed by atoms with van der Waals surface area (Å²) in [6.07, 6.45) is 7.64. The first-order valence-electron chi connectivity index (χ1n) is 11.4. The monoisotopic (exact) mass is 435 g/mol. The third kappa shape index (κ3) is 3.86. The van der Waals surface area contributed by atoms with Crippen molar-refractivity contribution in [2.75, 3.05) is 11.9 Å². The van der Waals surface area contributed by atoms with Gasteiger partial charge in [0.2, 0.25) is 0 Å². The number of hydrogen-bond donors (Lipinski definition) is 2. The highest BCUT2D eigenvalue weighted by Crippen LogP contribution is 2.30. The van der Waals surface area contributed by atoms with E-state index in [1.807, 2.05) is 43.5 Å². The summed E-state index contributed by atoms with van der Waals surface area (Å²) in [5.74, 6) is 0.956. The predicted octanol–water partition coefficient (Wildman–Crippen LogP) is 4.63. The molecule has 0 saturated heterocycles. The molecule has 1 aliphatic rings. The fraction of sp³-hybridized carbons (Fsp3) is 0.231. The quantitative estimate of drug-likeness (QED) is 0.420. The van der Waals surface area contributed by atoms with E-state index in [9.17, 15) is 0 Å². The number of benzene rings is 1. The molecule has 6 rings (SSSR count). The summed E-state index contributed by atoms with van der Waals surface area (Å²) in [4.78, 5) is 17.6. The molecule has 0 radical (unpaired) electrons. The third-order valence-electron chi connectivity index (χ3n) is 6.20. The second kappa shape index (κ2) is 8.16. The maximum atomic E-state index is 5.01. The van der Waals surface area contributed by atoms with Crippen molar-refractivity contribution in [1.29, 1.82) is 0 Å². The van der Waals surface area contributed by atoms with Crippen LogP contribution in [0.15, 0.2) is 61.1 Å². The van der Waals surface area contributed by atoms with E-state index < -0.39 is 0 Å². The number of aromatic nitrogens is 6. The zero-order valence-corrected chi connectivity index (χ0v) is 18.5. The van der Waals surface area contributed by atoms with E-state index in [1.54, 1.807) is 10.8 Å². The normalized spacial score (nSPS) is 13.1. The minimum absolute atomic E-state index is 0.812. The highest BCUT2D eigenvalue weighted by atomic mass is 15.3.